The number of methoxy groups -OCH3 is 2. The first-order valence-corrected chi connectivity index (χ1v) is 11.0. The Morgan fingerprint density at radius 1 is 1.30 bits per heavy atom. The van der Waals surface area contributed by atoms with Gasteiger partial charge in [-0.2, -0.15) is 0 Å². The molecule has 2 aromatic heterocycles. The molecule has 30 heavy (non-hydrogen) atoms. The largest absolute Gasteiger partial charge is 0.465 e. The zero-order chi connectivity index (χ0) is 21.7. The molecule has 11 heteroatoms. The van der Waals surface area contributed by atoms with Crippen molar-refractivity contribution in [2.75, 3.05) is 31.9 Å². The van der Waals surface area contributed by atoms with Gasteiger partial charge in [0.15, 0.2) is 5.16 Å². The van der Waals surface area contributed by atoms with Crippen LogP contribution in [0.5, 0.6) is 0 Å². The van der Waals surface area contributed by atoms with Crippen molar-refractivity contribution in [2.45, 2.75) is 11.7 Å². The molecule has 0 radical (unpaired) electrons. The van der Waals surface area contributed by atoms with Crippen molar-refractivity contribution >= 4 is 63.2 Å². The van der Waals surface area contributed by atoms with E-state index in [1.807, 2.05) is 0 Å². The number of halogens is 1. The van der Waals surface area contributed by atoms with Gasteiger partial charge in [0.2, 0.25) is 5.91 Å². The Kier molecular flexibility index (Phi) is 7.48. The number of ether oxygens (including phenoxy) is 2. The lowest BCUT2D eigenvalue weighted by Gasteiger charge is -2.13. The van der Waals surface area contributed by atoms with E-state index >= 15 is 0 Å². The van der Waals surface area contributed by atoms with Crippen LogP contribution in [0.2, 0.25) is 5.02 Å². The van der Waals surface area contributed by atoms with E-state index in [1.165, 1.54) is 23.0 Å². The molecule has 0 spiro atoms. The molecule has 0 saturated heterocycles. The predicted octanol–water partition coefficient (Wildman–Crippen LogP) is 3.28. The molecule has 1 amide bonds. The monoisotopic (exact) mass is 467 g/mol. The van der Waals surface area contributed by atoms with Gasteiger partial charge in [-0.3, -0.25) is 14.2 Å². The summed E-state index contributed by atoms with van der Waals surface area (Å²) in [7, 11) is 2.82. The van der Waals surface area contributed by atoms with Crippen LogP contribution in [0.1, 0.15) is 9.67 Å². The number of carbonyl (C=O) groups excluding carboxylic acids is 2. The van der Waals surface area contributed by atoms with Crippen molar-refractivity contribution in [3.63, 3.8) is 0 Å². The quantitative estimate of drug-likeness (QED) is 0.308. The van der Waals surface area contributed by atoms with Crippen LogP contribution in [0, 0.1) is 0 Å². The maximum atomic E-state index is 12.9. The first kappa shape index (κ1) is 22.3. The van der Waals surface area contributed by atoms with Gasteiger partial charge in [-0.25, -0.2) is 9.78 Å². The average molecular weight is 468 g/mol. The molecule has 1 aromatic carbocycles. The number of carbonyl (C=O) groups is 2. The van der Waals surface area contributed by atoms with Gasteiger partial charge in [-0.15, -0.1) is 11.3 Å². The number of esters is 1. The Morgan fingerprint density at radius 2 is 2.10 bits per heavy atom. The molecule has 0 aliphatic heterocycles. The van der Waals surface area contributed by atoms with Crippen molar-refractivity contribution in [2.24, 2.45) is 0 Å². The second-order valence-corrected chi connectivity index (χ2v) is 8.29. The number of anilines is 1. The van der Waals surface area contributed by atoms with E-state index in [4.69, 9.17) is 21.1 Å². The topological polar surface area (TPSA) is 99.5 Å². The summed E-state index contributed by atoms with van der Waals surface area (Å²) in [5.41, 5.74) is 0.602. The molecule has 0 aliphatic carbocycles. The van der Waals surface area contributed by atoms with Gasteiger partial charge >= 0.3 is 5.97 Å². The molecule has 158 valence electrons. The summed E-state index contributed by atoms with van der Waals surface area (Å²) in [5.74, 6) is -0.876. The third-order valence-corrected chi connectivity index (χ3v) is 6.15. The zero-order valence-corrected chi connectivity index (χ0v) is 18.5. The molecule has 0 fully saturated rings. The molecule has 3 rings (SSSR count). The van der Waals surface area contributed by atoms with Crippen molar-refractivity contribution in [3.05, 3.63) is 49.9 Å². The molecular weight excluding hydrogens is 450 g/mol. The summed E-state index contributed by atoms with van der Waals surface area (Å²) in [5, 5.41) is 5.65. The minimum absolute atomic E-state index is 0.0120. The minimum atomic E-state index is -0.519. The lowest BCUT2D eigenvalue weighted by Crippen LogP contribution is -2.26. The maximum Gasteiger partial charge on any atom is 0.350 e. The van der Waals surface area contributed by atoms with Crippen molar-refractivity contribution < 1.29 is 19.1 Å². The van der Waals surface area contributed by atoms with Crippen LogP contribution in [-0.4, -0.2) is 48.0 Å². The number of benzene rings is 1. The predicted molar refractivity (Wildman–Crippen MR) is 118 cm³/mol. The van der Waals surface area contributed by atoms with Crippen molar-refractivity contribution in [3.8, 4) is 0 Å². The average Bonchev–Trinajstić information content (AvgIpc) is 3.19. The van der Waals surface area contributed by atoms with E-state index in [-0.39, 0.29) is 17.2 Å². The number of fused-ring (bicyclic) bond motifs is 1. The fourth-order valence-corrected chi connectivity index (χ4v) is 4.40. The molecule has 8 nitrogen and oxygen atoms in total. The summed E-state index contributed by atoms with van der Waals surface area (Å²) >= 11 is 8.31. The highest BCUT2D eigenvalue weighted by Crippen LogP contribution is 2.24. The highest BCUT2D eigenvalue weighted by molar-refractivity contribution is 7.99. The highest BCUT2D eigenvalue weighted by Gasteiger charge is 2.17. The summed E-state index contributed by atoms with van der Waals surface area (Å²) in [4.78, 5) is 41.9. The van der Waals surface area contributed by atoms with Crippen LogP contribution in [0.3, 0.4) is 0 Å². The third kappa shape index (κ3) is 5.01. The summed E-state index contributed by atoms with van der Waals surface area (Å²) in [6, 6.07) is 6.50. The summed E-state index contributed by atoms with van der Waals surface area (Å²) in [6.45, 7) is 0.611. The van der Waals surface area contributed by atoms with Crippen molar-refractivity contribution in [1.82, 2.24) is 9.55 Å². The normalized spacial score (nSPS) is 10.9. The Hall–Kier alpha value is -2.40. The standard InChI is InChI=1S/C19H18ClN3O5S2/c1-27-7-6-23-17(25)12-4-3-11(20)9-14(12)22-19(23)30-10-15(24)21-13-5-8-29-16(13)18(26)28-2/h3-5,8-9H,6-7,10H2,1-2H3,(H,21,24). The first-order valence-electron chi connectivity index (χ1n) is 8.72. The van der Waals surface area contributed by atoms with Gasteiger partial charge < -0.3 is 14.8 Å². The molecule has 0 bridgehead atoms. The van der Waals surface area contributed by atoms with Crippen molar-refractivity contribution in [1.29, 1.82) is 0 Å². The lowest BCUT2D eigenvalue weighted by atomic mass is 10.2. The van der Waals surface area contributed by atoms with Crippen LogP contribution in [0.15, 0.2) is 39.6 Å². The van der Waals surface area contributed by atoms with Crippen LogP contribution in [0.4, 0.5) is 5.69 Å². The summed E-state index contributed by atoms with van der Waals surface area (Å²) in [6.07, 6.45) is 0. The smallest absolute Gasteiger partial charge is 0.350 e. The number of rotatable bonds is 8. The Bertz CT molecular complexity index is 1140. The molecule has 0 atom stereocenters. The number of aromatic nitrogens is 2. The number of nitrogens with zero attached hydrogens (tertiary/aromatic N) is 2. The van der Waals surface area contributed by atoms with Crippen LogP contribution in [-0.2, 0) is 20.8 Å². The van der Waals surface area contributed by atoms with E-state index in [9.17, 15) is 14.4 Å². The van der Waals surface area contributed by atoms with Crippen LogP contribution < -0.4 is 10.9 Å². The van der Waals surface area contributed by atoms with Gasteiger partial charge in [0, 0.05) is 12.1 Å². The number of thioether (sulfide) groups is 1. The maximum absolute atomic E-state index is 12.9. The SMILES string of the molecule is COCCn1c(SCC(=O)Nc2ccsc2C(=O)OC)nc2cc(Cl)ccc2c1=O. The Balaban J connectivity index is 1.82. The lowest BCUT2D eigenvalue weighted by molar-refractivity contribution is -0.113. The second kappa shape index (κ2) is 10.1. The van der Waals surface area contributed by atoms with E-state index in [1.54, 1.807) is 36.8 Å². The Morgan fingerprint density at radius 3 is 2.83 bits per heavy atom. The second-order valence-electron chi connectivity index (χ2n) is 6.00. The third-order valence-electron chi connectivity index (χ3n) is 4.04. The van der Waals surface area contributed by atoms with E-state index in [0.29, 0.717) is 44.8 Å². The Labute approximate surface area is 185 Å². The molecule has 1 N–H and O–H groups in total. The molecule has 0 saturated carbocycles. The number of hydrogen-bond donors (Lipinski definition) is 1. The van der Waals surface area contributed by atoms with Gasteiger partial charge in [0.05, 0.1) is 42.6 Å². The zero-order valence-electron chi connectivity index (χ0n) is 16.1. The fourth-order valence-electron chi connectivity index (χ4n) is 2.64. The molecule has 3 aromatic rings. The van der Waals surface area contributed by atoms with Crippen LogP contribution >= 0.6 is 34.7 Å². The minimum Gasteiger partial charge on any atom is -0.465 e. The number of thiophene rings is 1. The number of nitrogens with one attached hydrogen (secondary N) is 1. The number of amides is 1. The van der Waals surface area contributed by atoms with Gasteiger partial charge in [0.25, 0.3) is 5.56 Å². The molecule has 0 aliphatic rings. The van der Waals surface area contributed by atoms with Gasteiger partial charge in [-0.05, 0) is 29.6 Å². The molecule has 2 heterocycles. The fraction of sp³-hybridized carbons (Fsp3) is 0.263. The first-order chi connectivity index (χ1) is 14.4. The van der Waals surface area contributed by atoms with E-state index < -0.39 is 5.97 Å². The van der Waals surface area contributed by atoms with Gasteiger partial charge in [0.1, 0.15) is 4.88 Å². The molecular formula is C19H18ClN3O5S2. The number of hydrogen-bond acceptors (Lipinski definition) is 8. The van der Waals surface area contributed by atoms with E-state index in [2.05, 4.69) is 10.3 Å². The van der Waals surface area contributed by atoms with Gasteiger partial charge in [-0.1, -0.05) is 23.4 Å². The highest BCUT2D eigenvalue weighted by atomic mass is 35.5. The van der Waals surface area contributed by atoms with Crippen LogP contribution in [0.25, 0.3) is 10.9 Å². The summed E-state index contributed by atoms with van der Waals surface area (Å²) < 4.78 is 11.3. The van der Waals surface area contributed by atoms with E-state index in [0.717, 1.165) is 11.8 Å². The molecule has 0 unspecified atom stereocenters.